The molecule has 3 N–H and O–H groups in total. The van der Waals surface area contributed by atoms with Crippen molar-refractivity contribution in [1.29, 1.82) is 0 Å². The molecule has 11 heteroatoms. The lowest BCUT2D eigenvalue weighted by atomic mass is 9.97. The number of nitrogens with zero attached hydrogens (tertiary/aromatic N) is 4. The van der Waals surface area contributed by atoms with E-state index in [4.69, 9.17) is 0 Å². The van der Waals surface area contributed by atoms with Crippen LogP contribution in [0.15, 0.2) is 90.5 Å². The van der Waals surface area contributed by atoms with Crippen LogP contribution < -0.4 is 16.0 Å². The lowest BCUT2D eigenvalue weighted by Gasteiger charge is -2.12. The Kier molecular flexibility index (Phi) is 11.5. The third kappa shape index (κ3) is 10.3. The average molecular weight is 636 g/mol. The number of carbonyl (C=O) groups is 3. The molecule has 0 radical (unpaired) electrons. The minimum Gasteiger partial charge on any atom is -0.348 e. The number of hydrogen-bond acceptors (Lipinski definition) is 8. The molecule has 1 aliphatic rings. The SMILES string of the molecule is CC1C=C(C(=O)NCc2cccc(CC(=O)Nc3nnc(CCCCc4ccc(NC(=O)Cc5ccccc5)nn4)s3)c2)C=CC1. The zero-order chi connectivity index (χ0) is 32.1. The van der Waals surface area contributed by atoms with E-state index in [2.05, 4.69) is 43.3 Å². The molecule has 0 saturated heterocycles. The van der Waals surface area contributed by atoms with Crippen molar-refractivity contribution in [3.8, 4) is 0 Å². The van der Waals surface area contributed by atoms with Crippen molar-refractivity contribution in [3.05, 3.63) is 118 Å². The molecule has 2 heterocycles. The van der Waals surface area contributed by atoms with Gasteiger partial charge in [0.05, 0.1) is 18.5 Å². The van der Waals surface area contributed by atoms with E-state index in [0.29, 0.717) is 29.0 Å². The van der Waals surface area contributed by atoms with Crippen molar-refractivity contribution in [2.24, 2.45) is 5.92 Å². The Bertz CT molecular complexity index is 1700. The highest BCUT2D eigenvalue weighted by Crippen LogP contribution is 2.19. The van der Waals surface area contributed by atoms with Crippen molar-refractivity contribution < 1.29 is 14.4 Å². The van der Waals surface area contributed by atoms with E-state index in [1.54, 1.807) is 6.07 Å². The molecule has 0 aliphatic heterocycles. The van der Waals surface area contributed by atoms with Crippen LogP contribution in [0.2, 0.25) is 0 Å². The second-order valence-electron chi connectivity index (χ2n) is 11.3. The molecular formula is C35H37N7O3S. The predicted molar refractivity (Wildman–Crippen MR) is 179 cm³/mol. The maximum Gasteiger partial charge on any atom is 0.251 e. The van der Waals surface area contributed by atoms with E-state index in [0.717, 1.165) is 59.5 Å². The molecule has 0 fully saturated rings. The van der Waals surface area contributed by atoms with Crippen molar-refractivity contribution >= 4 is 40.0 Å². The van der Waals surface area contributed by atoms with Gasteiger partial charge in [-0.05, 0) is 60.4 Å². The van der Waals surface area contributed by atoms with Gasteiger partial charge < -0.3 is 16.0 Å². The van der Waals surface area contributed by atoms with Crippen LogP contribution in [-0.2, 0) is 46.6 Å². The smallest absolute Gasteiger partial charge is 0.251 e. The Labute approximate surface area is 272 Å². The molecule has 10 nitrogen and oxygen atoms in total. The van der Waals surface area contributed by atoms with Crippen LogP contribution in [0.4, 0.5) is 10.9 Å². The van der Waals surface area contributed by atoms with Crippen LogP contribution >= 0.6 is 11.3 Å². The van der Waals surface area contributed by atoms with Crippen molar-refractivity contribution in [2.45, 2.75) is 58.4 Å². The van der Waals surface area contributed by atoms with Crippen LogP contribution in [0.25, 0.3) is 0 Å². The minimum absolute atomic E-state index is 0.0950. The molecule has 4 aromatic rings. The van der Waals surface area contributed by atoms with E-state index < -0.39 is 0 Å². The summed E-state index contributed by atoms with van der Waals surface area (Å²) in [6.07, 6.45) is 10.6. The number of benzene rings is 2. The van der Waals surface area contributed by atoms with E-state index in [1.165, 1.54) is 11.3 Å². The Morgan fingerprint density at radius 2 is 1.57 bits per heavy atom. The Balaban J connectivity index is 0.994. The molecule has 0 bridgehead atoms. The number of aryl methyl sites for hydroxylation is 2. The average Bonchev–Trinajstić information content (AvgIpc) is 3.50. The number of allylic oxidation sites excluding steroid dienone is 2. The van der Waals surface area contributed by atoms with Crippen molar-refractivity contribution in [1.82, 2.24) is 25.7 Å². The van der Waals surface area contributed by atoms with E-state index in [-0.39, 0.29) is 30.6 Å². The molecule has 1 aliphatic carbocycles. The molecule has 2 aromatic carbocycles. The summed E-state index contributed by atoms with van der Waals surface area (Å²) in [6, 6.07) is 20.8. The lowest BCUT2D eigenvalue weighted by Crippen LogP contribution is -2.25. The second-order valence-corrected chi connectivity index (χ2v) is 12.4. The lowest BCUT2D eigenvalue weighted by molar-refractivity contribution is -0.117. The van der Waals surface area contributed by atoms with Gasteiger partial charge in [0.2, 0.25) is 16.9 Å². The fourth-order valence-corrected chi connectivity index (χ4v) is 5.79. The fourth-order valence-electron chi connectivity index (χ4n) is 4.99. The fraction of sp³-hybridized carbons (Fsp3) is 0.286. The van der Waals surface area contributed by atoms with Crippen molar-refractivity contribution in [3.63, 3.8) is 0 Å². The number of carbonyl (C=O) groups excluding carboxylic acids is 3. The normalized spacial score (nSPS) is 13.9. The number of unbranched alkanes of at least 4 members (excludes halogenated alkanes) is 1. The van der Waals surface area contributed by atoms with Crippen LogP contribution in [0.3, 0.4) is 0 Å². The Hall–Kier alpha value is -5.03. The highest BCUT2D eigenvalue weighted by Gasteiger charge is 2.13. The molecule has 3 amide bonds. The van der Waals surface area contributed by atoms with E-state index in [1.807, 2.05) is 78.9 Å². The number of rotatable bonds is 14. The monoisotopic (exact) mass is 635 g/mol. The third-order valence-corrected chi connectivity index (χ3v) is 8.22. The number of nitrogens with one attached hydrogen (secondary N) is 3. The zero-order valence-corrected chi connectivity index (χ0v) is 26.6. The first-order chi connectivity index (χ1) is 22.4. The third-order valence-electron chi connectivity index (χ3n) is 7.32. The number of aromatic nitrogens is 4. The summed E-state index contributed by atoms with van der Waals surface area (Å²) in [7, 11) is 0. The predicted octanol–water partition coefficient (Wildman–Crippen LogP) is 5.39. The summed E-state index contributed by atoms with van der Waals surface area (Å²) in [5, 5.41) is 26.7. The summed E-state index contributed by atoms with van der Waals surface area (Å²) < 4.78 is 0. The number of hydrogen-bond donors (Lipinski definition) is 3. The van der Waals surface area contributed by atoms with Gasteiger partial charge in [-0.2, -0.15) is 5.10 Å². The summed E-state index contributed by atoms with van der Waals surface area (Å²) in [5.41, 5.74) is 4.26. The topological polar surface area (TPSA) is 139 Å². The van der Waals surface area contributed by atoms with Gasteiger partial charge in [0.1, 0.15) is 5.01 Å². The quantitative estimate of drug-likeness (QED) is 0.158. The van der Waals surface area contributed by atoms with Crippen LogP contribution in [0.5, 0.6) is 0 Å². The summed E-state index contributed by atoms with van der Waals surface area (Å²) >= 11 is 1.37. The van der Waals surface area contributed by atoms with E-state index in [9.17, 15) is 14.4 Å². The second kappa shape index (κ2) is 16.3. The summed E-state index contributed by atoms with van der Waals surface area (Å²) in [6.45, 7) is 2.48. The highest BCUT2D eigenvalue weighted by molar-refractivity contribution is 7.15. The van der Waals surface area contributed by atoms with Crippen molar-refractivity contribution in [2.75, 3.05) is 10.6 Å². The van der Waals surface area contributed by atoms with Gasteiger partial charge in [-0.25, -0.2) is 0 Å². The van der Waals surface area contributed by atoms with Crippen LogP contribution in [0.1, 0.15) is 53.6 Å². The first-order valence-electron chi connectivity index (χ1n) is 15.4. The molecule has 46 heavy (non-hydrogen) atoms. The molecule has 1 atom stereocenters. The zero-order valence-electron chi connectivity index (χ0n) is 25.7. The number of anilines is 2. The summed E-state index contributed by atoms with van der Waals surface area (Å²) in [5.74, 6) is 0.393. The largest absolute Gasteiger partial charge is 0.348 e. The van der Waals surface area contributed by atoms with Gasteiger partial charge in [-0.3, -0.25) is 14.4 Å². The van der Waals surface area contributed by atoms with Gasteiger partial charge in [-0.1, -0.05) is 91.1 Å². The first-order valence-corrected chi connectivity index (χ1v) is 16.2. The van der Waals surface area contributed by atoms with Gasteiger partial charge in [-0.15, -0.1) is 15.3 Å². The Morgan fingerprint density at radius 3 is 2.37 bits per heavy atom. The molecule has 5 rings (SSSR count). The molecule has 0 saturated carbocycles. The molecule has 0 spiro atoms. The van der Waals surface area contributed by atoms with E-state index >= 15 is 0 Å². The maximum absolute atomic E-state index is 12.7. The molecule has 236 valence electrons. The maximum atomic E-state index is 12.7. The highest BCUT2D eigenvalue weighted by atomic mass is 32.1. The van der Waals surface area contributed by atoms with Gasteiger partial charge in [0.15, 0.2) is 5.82 Å². The molecule has 2 aromatic heterocycles. The Morgan fingerprint density at radius 1 is 0.804 bits per heavy atom. The minimum atomic E-state index is -0.173. The van der Waals surface area contributed by atoms with Crippen LogP contribution in [0, 0.1) is 5.92 Å². The van der Waals surface area contributed by atoms with Crippen LogP contribution in [-0.4, -0.2) is 38.1 Å². The van der Waals surface area contributed by atoms with Gasteiger partial charge in [0.25, 0.3) is 5.91 Å². The van der Waals surface area contributed by atoms with Gasteiger partial charge in [0, 0.05) is 18.5 Å². The van der Waals surface area contributed by atoms with Gasteiger partial charge >= 0.3 is 0 Å². The number of amides is 3. The summed E-state index contributed by atoms with van der Waals surface area (Å²) in [4.78, 5) is 37.4. The first kappa shape index (κ1) is 32.4. The molecular weight excluding hydrogens is 598 g/mol. The standard InChI is InChI=1S/C35H37N7O3S/c1-24-9-7-14-28(19-24)34(45)36-23-27-13-8-12-26(20-27)22-32(44)38-35-42-41-33(46-35)16-6-5-15-29-17-18-30(40-39-29)37-31(43)21-25-10-3-2-4-11-25/h2-4,7-8,10-14,17-20,24H,5-6,9,15-16,21-23H2,1H3,(H,36,45)(H,37,40,43)(H,38,42,44). The molecule has 1 unspecified atom stereocenters.